The average Bonchev–Trinajstić information content (AvgIpc) is 3.76. The number of hydrogen-bond acceptors (Lipinski definition) is 2. The Morgan fingerprint density at radius 2 is 0.797 bits per heavy atom. The van der Waals surface area contributed by atoms with Gasteiger partial charge in [-0.2, -0.15) is 0 Å². The van der Waals surface area contributed by atoms with Gasteiger partial charge in [-0.25, -0.2) is 0 Å². The molecule has 2 nitrogen and oxygen atoms in total. The number of para-hydroxylation sites is 1. The molecule has 0 bridgehead atoms. The Bertz CT molecular complexity index is 3640. The number of benzene rings is 11. The summed E-state index contributed by atoms with van der Waals surface area (Å²) in [7, 11) is 0. The van der Waals surface area contributed by atoms with E-state index in [1.54, 1.807) is 0 Å². The van der Waals surface area contributed by atoms with Crippen LogP contribution in [0.3, 0.4) is 0 Å². The zero-order chi connectivity index (χ0) is 42.4. The van der Waals surface area contributed by atoms with E-state index in [4.69, 9.17) is 4.42 Å². The van der Waals surface area contributed by atoms with Crippen molar-refractivity contribution >= 4 is 60.5 Å². The van der Waals surface area contributed by atoms with Crippen molar-refractivity contribution in [3.05, 3.63) is 249 Å². The first-order chi connectivity index (χ1) is 31.7. The van der Waals surface area contributed by atoms with E-state index in [9.17, 15) is 0 Å². The van der Waals surface area contributed by atoms with Crippen LogP contribution in [0.25, 0.3) is 99.1 Å². The number of rotatable bonds is 8. The smallest absolute Gasteiger partial charge is 0.136 e. The zero-order valence-electron chi connectivity index (χ0n) is 35.0. The van der Waals surface area contributed by atoms with Crippen LogP contribution in [0.5, 0.6) is 0 Å². The fourth-order valence-corrected chi connectivity index (χ4v) is 9.52. The fourth-order valence-electron chi connectivity index (χ4n) is 9.52. The first-order valence-corrected chi connectivity index (χ1v) is 21.9. The topological polar surface area (TPSA) is 16.4 Å². The summed E-state index contributed by atoms with van der Waals surface area (Å²) in [5.41, 5.74) is 16.9. The maximum Gasteiger partial charge on any atom is 0.136 e. The molecule has 0 amide bonds. The van der Waals surface area contributed by atoms with E-state index in [2.05, 4.69) is 248 Å². The molecule has 0 aliphatic carbocycles. The zero-order valence-corrected chi connectivity index (χ0v) is 35.0. The second-order valence-electron chi connectivity index (χ2n) is 16.5. The highest BCUT2D eigenvalue weighted by Crippen LogP contribution is 2.43. The van der Waals surface area contributed by atoms with Crippen LogP contribution in [0, 0.1) is 0 Å². The molecule has 11 aromatic carbocycles. The molecule has 0 unspecified atom stereocenters. The molecule has 0 atom stereocenters. The van der Waals surface area contributed by atoms with Gasteiger partial charge in [0.15, 0.2) is 0 Å². The van der Waals surface area contributed by atoms with Crippen molar-refractivity contribution in [2.24, 2.45) is 0 Å². The van der Waals surface area contributed by atoms with E-state index in [0.717, 1.165) is 50.1 Å². The molecule has 64 heavy (non-hydrogen) atoms. The van der Waals surface area contributed by atoms with Gasteiger partial charge in [0.25, 0.3) is 0 Å². The van der Waals surface area contributed by atoms with Crippen molar-refractivity contribution in [2.45, 2.75) is 0 Å². The quantitative estimate of drug-likeness (QED) is 0.152. The van der Waals surface area contributed by atoms with Gasteiger partial charge in [-0.1, -0.05) is 188 Å². The maximum atomic E-state index is 6.29. The Kier molecular flexibility index (Phi) is 9.20. The van der Waals surface area contributed by atoms with Crippen molar-refractivity contribution in [1.82, 2.24) is 0 Å². The molecule has 0 aliphatic heterocycles. The fraction of sp³-hybridized carbons (Fsp3) is 0. The first-order valence-electron chi connectivity index (χ1n) is 21.9. The highest BCUT2D eigenvalue weighted by Gasteiger charge is 2.18. The van der Waals surface area contributed by atoms with Crippen LogP contribution in [0.1, 0.15) is 0 Å². The van der Waals surface area contributed by atoms with Crippen LogP contribution in [0.15, 0.2) is 253 Å². The molecule has 12 aromatic rings. The number of furan rings is 1. The molecule has 0 spiro atoms. The van der Waals surface area contributed by atoms with Crippen LogP contribution in [0.4, 0.5) is 17.1 Å². The summed E-state index contributed by atoms with van der Waals surface area (Å²) in [5.74, 6) is 0. The standard InChI is InChI=1S/C62H41NO/c1-3-13-42(14-4-1)43-27-33-51(34-28-43)63(53-20-11-19-50(39-53)55-23-12-18-45-17-7-8-21-54(45)55)52-35-29-46(30-36-52)58-40-49(31-37-56(58)44-15-5-2-6-16-44)48-26-25-47-32-38-61-62(59(47)41-48)57-22-9-10-24-60(57)64-61/h1-41H. The third-order valence-corrected chi connectivity index (χ3v) is 12.7. The molecule has 0 saturated heterocycles. The van der Waals surface area contributed by atoms with Crippen LogP contribution in [-0.2, 0) is 0 Å². The second-order valence-corrected chi connectivity index (χ2v) is 16.5. The molecule has 12 rings (SSSR count). The van der Waals surface area contributed by atoms with E-state index >= 15 is 0 Å². The molecule has 0 radical (unpaired) electrons. The van der Waals surface area contributed by atoms with Gasteiger partial charge in [-0.05, 0) is 138 Å². The van der Waals surface area contributed by atoms with Gasteiger partial charge in [-0.15, -0.1) is 0 Å². The monoisotopic (exact) mass is 815 g/mol. The maximum absolute atomic E-state index is 6.29. The Morgan fingerprint density at radius 1 is 0.250 bits per heavy atom. The lowest BCUT2D eigenvalue weighted by Crippen LogP contribution is -2.10. The number of hydrogen-bond donors (Lipinski definition) is 0. The van der Waals surface area contributed by atoms with Gasteiger partial charge < -0.3 is 9.32 Å². The lowest BCUT2D eigenvalue weighted by atomic mass is 9.90. The van der Waals surface area contributed by atoms with E-state index < -0.39 is 0 Å². The van der Waals surface area contributed by atoms with Gasteiger partial charge in [0.1, 0.15) is 11.2 Å². The Morgan fingerprint density at radius 3 is 1.59 bits per heavy atom. The minimum atomic E-state index is 0.910. The van der Waals surface area contributed by atoms with Gasteiger partial charge in [-0.3, -0.25) is 0 Å². The summed E-state index contributed by atoms with van der Waals surface area (Å²) >= 11 is 0. The molecule has 0 N–H and O–H groups in total. The summed E-state index contributed by atoms with van der Waals surface area (Å²) < 4.78 is 6.29. The summed E-state index contributed by atoms with van der Waals surface area (Å²) in [6.07, 6.45) is 0. The summed E-state index contributed by atoms with van der Waals surface area (Å²) in [6.45, 7) is 0. The van der Waals surface area contributed by atoms with Crippen LogP contribution in [0.2, 0.25) is 0 Å². The highest BCUT2D eigenvalue weighted by atomic mass is 16.3. The van der Waals surface area contributed by atoms with E-state index in [1.165, 1.54) is 66.1 Å². The minimum absolute atomic E-state index is 0.910. The lowest BCUT2D eigenvalue weighted by molar-refractivity contribution is 0.669. The van der Waals surface area contributed by atoms with Crippen molar-refractivity contribution < 1.29 is 4.42 Å². The molecular formula is C62H41NO. The average molecular weight is 816 g/mol. The van der Waals surface area contributed by atoms with E-state index in [-0.39, 0.29) is 0 Å². The van der Waals surface area contributed by atoms with Crippen molar-refractivity contribution in [1.29, 1.82) is 0 Å². The van der Waals surface area contributed by atoms with E-state index in [0.29, 0.717) is 0 Å². The highest BCUT2D eigenvalue weighted by molar-refractivity contribution is 6.19. The molecule has 0 fully saturated rings. The predicted molar refractivity (Wildman–Crippen MR) is 271 cm³/mol. The third kappa shape index (κ3) is 6.70. The van der Waals surface area contributed by atoms with Crippen molar-refractivity contribution in [3.8, 4) is 55.6 Å². The van der Waals surface area contributed by atoms with Crippen molar-refractivity contribution in [3.63, 3.8) is 0 Å². The first kappa shape index (κ1) is 37.3. The van der Waals surface area contributed by atoms with Crippen LogP contribution < -0.4 is 4.90 Å². The minimum Gasteiger partial charge on any atom is -0.456 e. The van der Waals surface area contributed by atoms with Gasteiger partial charge >= 0.3 is 0 Å². The molecule has 1 heterocycles. The summed E-state index contributed by atoms with van der Waals surface area (Å²) in [6, 6.07) is 89.8. The Labute approximate surface area is 372 Å². The SMILES string of the molecule is c1ccc(-c2ccc(N(c3ccc(-c4cc(-c5ccc6ccc7oc8ccccc8c7c6c5)ccc4-c4ccccc4)cc3)c3cccc(-c4cccc5ccccc45)c3)cc2)cc1. The van der Waals surface area contributed by atoms with Gasteiger partial charge in [0, 0.05) is 27.8 Å². The van der Waals surface area contributed by atoms with Crippen LogP contribution >= 0.6 is 0 Å². The number of fused-ring (bicyclic) bond motifs is 6. The van der Waals surface area contributed by atoms with Crippen LogP contribution in [-0.4, -0.2) is 0 Å². The van der Waals surface area contributed by atoms with Gasteiger partial charge in [0.05, 0.1) is 0 Å². The summed E-state index contributed by atoms with van der Waals surface area (Å²) in [5, 5.41) is 7.17. The molecule has 300 valence electrons. The normalized spacial score (nSPS) is 11.4. The predicted octanol–water partition coefficient (Wildman–Crippen LogP) is 17.7. The molecular weight excluding hydrogens is 775 g/mol. The third-order valence-electron chi connectivity index (χ3n) is 12.7. The Hall–Kier alpha value is -8.46. The Balaban J connectivity index is 0.978. The molecule has 1 aromatic heterocycles. The second kappa shape index (κ2) is 15.8. The number of nitrogens with zero attached hydrogens (tertiary/aromatic N) is 1. The summed E-state index contributed by atoms with van der Waals surface area (Å²) in [4.78, 5) is 2.37. The molecule has 2 heteroatoms. The largest absolute Gasteiger partial charge is 0.456 e. The van der Waals surface area contributed by atoms with E-state index in [1.807, 2.05) is 6.07 Å². The molecule has 0 aliphatic rings. The van der Waals surface area contributed by atoms with Gasteiger partial charge in [0.2, 0.25) is 0 Å². The lowest BCUT2D eigenvalue weighted by Gasteiger charge is -2.27. The number of anilines is 3. The molecule has 0 saturated carbocycles. The van der Waals surface area contributed by atoms with Crippen molar-refractivity contribution in [2.75, 3.05) is 4.90 Å².